The van der Waals surface area contributed by atoms with Crippen LogP contribution in [-0.2, 0) is 21.2 Å². The second kappa shape index (κ2) is 10.2. The van der Waals surface area contributed by atoms with Gasteiger partial charge >= 0.3 is 6.09 Å². The van der Waals surface area contributed by atoms with Crippen LogP contribution in [0.2, 0.25) is 0 Å². The highest BCUT2D eigenvalue weighted by atomic mass is 32.2. The van der Waals surface area contributed by atoms with Crippen molar-refractivity contribution in [3.63, 3.8) is 0 Å². The lowest BCUT2D eigenvalue weighted by Gasteiger charge is -2.13. The predicted octanol–water partition coefficient (Wildman–Crippen LogP) is 5.24. The second-order valence-electron chi connectivity index (χ2n) is 8.04. The summed E-state index contributed by atoms with van der Waals surface area (Å²) in [5.41, 5.74) is 6.47. The van der Waals surface area contributed by atoms with E-state index in [0.717, 1.165) is 47.5 Å². The maximum Gasteiger partial charge on any atom is 0.421 e. The zero-order valence-corrected chi connectivity index (χ0v) is 20.6. The third kappa shape index (κ3) is 5.45. The fourth-order valence-electron chi connectivity index (χ4n) is 3.85. The van der Waals surface area contributed by atoms with Crippen LogP contribution in [0.25, 0.3) is 16.8 Å². The molecule has 0 aliphatic rings. The summed E-state index contributed by atoms with van der Waals surface area (Å²) < 4.78 is 34.4. The molecule has 3 aromatic rings. The van der Waals surface area contributed by atoms with Gasteiger partial charge in [0.1, 0.15) is 0 Å². The van der Waals surface area contributed by atoms with Crippen molar-refractivity contribution in [3.05, 3.63) is 65.0 Å². The van der Waals surface area contributed by atoms with Crippen LogP contribution in [0.15, 0.2) is 47.4 Å². The molecule has 33 heavy (non-hydrogen) atoms. The molecule has 1 heterocycles. The summed E-state index contributed by atoms with van der Waals surface area (Å²) in [6.45, 7) is 9.86. The number of hydrogen-bond acceptors (Lipinski definition) is 5. The number of aryl methyl sites for hydroxylation is 2. The van der Waals surface area contributed by atoms with Crippen LogP contribution in [-0.4, -0.2) is 30.9 Å². The highest BCUT2D eigenvalue weighted by Gasteiger charge is 2.23. The first-order valence-corrected chi connectivity index (χ1v) is 12.6. The van der Waals surface area contributed by atoms with Crippen LogP contribution in [0.5, 0.6) is 0 Å². The molecule has 0 spiro atoms. The number of aromatic nitrogens is 2. The molecule has 1 amide bonds. The first-order valence-electron chi connectivity index (χ1n) is 11.1. The number of hydrogen-bond donors (Lipinski definition) is 1. The molecule has 176 valence electrons. The lowest BCUT2D eigenvalue weighted by molar-refractivity contribution is 0.158. The molecule has 0 aliphatic heterocycles. The van der Waals surface area contributed by atoms with Crippen LogP contribution in [0.1, 0.15) is 49.2 Å². The number of unbranched alkanes of at least 4 members (excludes halogenated alkanes) is 1. The zero-order valence-electron chi connectivity index (χ0n) is 19.8. The van der Waals surface area contributed by atoms with Crippen LogP contribution in [0.3, 0.4) is 0 Å². The van der Waals surface area contributed by atoms with Gasteiger partial charge in [0.15, 0.2) is 0 Å². The van der Waals surface area contributed by atoms with Gasteiger partial charge in [0, 0.05) is 11.3 Å². The Bertz CT molecular complexity index is 1250. The Labute approximate surface area is 195 Å². The van der Waals surface area contributed by atoms with E-state index in [2.05, 4.69) is 13.8 Å². The standard InChI is InChI=1S/C25H31N3O4S/c1-6-8-9-22-18(4)26-28(19(22)5)21-13-11-20(12-14-21)23-16-17(3)10-15-24(23)33(30,31)27-25(29)32-7-2/h10-16H,6-9H2,1-5H3,(H,27,29). The van der Waals surface area contributed by atoms with Gasteiger partial charge in [-0.3, -0.25) is 0 Å². The first-order chi connectivity index (χ1) is 15.7. The minimum atomic E-state index is -4.10. The number of rotatable bonds is 8. The third-order valence-electron chi connectivity index (χ3n) is 5.56. The maximum absolute atomic E-state index is 12.9. The Morgan fingerprint density at radius 3 is 2.39 bits per heavy atom. The molecule has 1 N–H and O–H groups in total. The Hall–Kier alpha value is -3.13. The monoisotopic (exact) mass is 469 g/mol. The lowest BCUT2D eigenvalue weighted by Crippen LogP contribution is -2.31. The van der Waals surface area contributed by atoms with Crippen molar-refractivity contribution in [2.45, 2.75) is 58.8 Å². The predicted molar refractivity (Wildman–Crippen MR) is 129 cm³/mol. The Kier molecular flexibility index (Phi) is 7.58. The summed E-state index contributed by atoms with van der Waals surface area (Å²) in [5, 5.41) is 4.72. The van der Waals surface area contributed by atoms with Crippen LogP contribution < -0.4 is 4.72 Å². The summed E-state index contributed by atoms with van der Waals surface area (Å²) in [5.74, 6) is 0. The number of carbonyl (C=O) groups is 1. The van der Waals surface area contributed by atoms with E-state index in [1.807, 2.05) is 47.5 Å². The van der Waals surface area contributed by atoms with Crippen molar-refractivity contribution in [2.24, 2.45) is 0 Å². The van der Waals surface area contributed by atoms with E-state index in [0.29, 0.717) is 5.56 Å². The fourth-order valence-corrected chi connectivity index (χ4v) is 4.95. The molecule has 0 atom stereocenters. The van der Waals surface area contributed by atoms with Crippen molar-refractivity contribution < 1.29 is 17.9 Å². The normalized spacial score (nSPS) is 11.4. The SMILES string of the molecule is CCCCc1c(C)nn(-c2ccc(-c3cc(C)ccc3S(=O)(=O)NC(=O)OCC)cc2)c1C. The van der Waals surface area contributed by atoms with Gasteiger partial charge in [0.2, 0.25) is 0 Å². The number of nitrogens with one attached hydrogen (secondary N) is 1. The van der Waals surface area contributed by atoms with Gasteiger partial charge in [-0.05, 0) is 69.9 Å². The molecule has 8 heteroatoms. The van der Waals surface area contributed by atoms with Crippen LogP contribution in [0, 0.1) is 20.8 Å². The molecule has 3 rings (SSSR count). The van der Waals surface area contributed by atoms with Gasteiger partial charge in [-0.15, -0.1) is 0 Å². The van der Waals surface area contributed by atoms with Crippen molar-refractivity contribution >= 4 is 16.1 Å². The van der Waals surface area contributed by atoms with E-state index in [4.69, 9.17) is 9.84 Å². The van der Waals surface area contributed by atoms with Crippen molar-refractivity contribution in [3.8, 4) is 16.8 Å². The summed E-state index contributed by atoms with van der Waals surface area (Å²) in [6.07, 6.45) is 2.26. The quantitative estimate of drug-likeness (QED) is 0.487. The van der Waals surface area contributed by atoms with Crippen molar-refractivity contribution in [1.82, 2.24) is 14.5 Å². The number of carbonyl (C=O) groups excluding carboxylic acids is 1. The largest absolute Gasteiger partial charge is 0.449 e. The van der Waals surface area contributed by atoms with E-state index >= 15 is 0 Å². The number of sulfonamides is 1. The topological polar surface area (TPSA) is 90.3 Å². The number of ether oxygens (including phenoxy) is 1. The van der Waals surface area contributed by atoms with Crippen LogP contribution in [0.4, 0.5) is 4.79 Å². The highest BCUT2D eigenvalue weighted by Crippen LogP contribution is 2.30. The Balaban J connectivity index is 1.98. The maximum atomic E-state index is 12.9. The Morgan fingerprint density at radius 2 is 1.76 bits per heavy atom. The molecule has 0 bridgehead atoms. The van der Waals surface area contributed by atoms with Crippen molar-refractivity contribution in [2.75, 3.05) is 6.61 Å². The third-order valence-corrected chi connectivity index (χ3v) is 6.93. The molecule has 0 aliphatic carbocycles. The van der Waals surface area contributed by atoms with E-state index < -0.39 is 16.1 Å². The fraction of sp³-hybridized carbons (Fsp3) is 0.360. The van der Waals surface area contributed by atoms with Crippen molar-refractivity contribution in [1.29, 1.82) is 0 Å². The van der Waals surface area contributed by atoms with E-state index in [1.54, 1.807) is 19.1 Å². The van der Waals surface area contributed by atoms with Gasteiger partial charge < -0.3 is 4.74 Å². The second-order valence-corrected chi connectivity index (χ2v) is 9.69. The van der Waals surface area contributed by atoms with Crippen LogP contribution >= 0.6 is 0 Å². The zero-order chi connectivity index (χ0) is 24.2. The average molecular weight is 470 g/mol. The summed E-state index contributed by atoms with van der Waals surface area (Å²) in [6, 6.07) is 12.6. The van der Waals surface area contributed by atoms with E-state index in [-0.39, 0.29) is 11.5 Å². The molecule has 0 saturated carbocycles. The molecule has 2 aromatic carbocycles. The van der Waals surface area contributed by atoms with Gasteiger partial charge in [-0.2, -0.15) is 5.10 Å². The van der Waals surface area contributed by atoms with Gasteiger partial charge in [-0.1, -0.05) is 43.2 Å². The number of amides is 1. The smallest absolute Gasteiger partial charge is 0.421 e. The summed E-state index contributed by atoms with van der Waals surface area (Å²) in [4.78, 5) is 11.8. The minimum absolute atomic E-state index is 0.0156. The molecule has 1 aromatic heterocycles. The minimum Gasteiger partial charge on any atom is -0.449 e. The molecule has 0 radical (unpaired) electrons. The Morgan fingerprint density at radius 1 is 1.06 bits per heavy atom. The average Bonchev–Trinajstić information content (AvgIpc) is 3.05. The van der Waals surface area contributed by atoms with E-state index in [1.165, 1.54) is 11.6 Å². The molecule has 7 nitrogen and oxygen atoms in total. The number of benzene rings is 2. The van der Waals surface area contributed by atoms with Gasteiger partial charge in [0.05, 0.1) is 22.9 Å². The lowest BCUT2D eigenvalue weighted by atomic mass is 10.0. The molecule has 0 saturated heterocycles. The van der Waals surface area contributed by atoms with Gasteiger partial charge in [-0.25, -0.2) is 22.6 Å². The first kappa shape index (κ1) is 24.5. The van der Waals surface area contributed by atoms with E-state index in [9.17, 15) is 13.2 Å². The molecule has 0 fully saturated rings. The highest BCUT2D eigenvalue weighted by molar-refractivity contribution is 7.90. The molecular weight excluding hydrogens is 438 g/mol. The van der Waals surface area contributed by atoms with Gasteiger partial charge in [0.25, 0.3) is 10.0 Å². The molecule has 0 unspecified atom stereocenters. The summed E-state index contributed by atoms with van der Waals surface area (Å²) >= 11 is 0. The number of nitrogens with zero attached hydrogens (tertiary/aromatic N) is 2. The summed E-state index contributed by atoms with van der Waals surface area (Å²) in [7, 11) is -4.10. The molecular formula is C25H31N3O4S.